The Bertz CT molecular complexity index is 245. The first-order valence-electron chi connectivity index (χ1n) is 7.40. The highest BCUT2D eigenvalue weighted by atomic mass is 16.5. The minimum Gasteiger partial charge on any atom is -0.462 e. The van der Waals surface area contributed by atoms with Crippen molar-refractivity contribution in [3.8, 4) is 0 Å². The van der Waals surface area contributed by atoms with E-state index in [4.69, 9.17) is 10.5 Å². The molecule has 1 aliphatic carbocycles. The van der Waals surface area contributed by atoms with E-state index in [-0.39, 0.29) is 18.0 Å². The van der Waals surface area contributed by atoms with Gasteiger partial charge >= 0.3 is 5.97 Å². The van der Waals surface area contributed by atoms with Gasteiger partial charge in [0.05, 0.1) is 0 Å². The van der Waals surface area contributed by atoms with Crippen molar-refractivity contribution in [2.24, 2.45) is 23.5 Å². The molecule has 1 fully saturated rings. The maximum absolute atomic E-state index is 11.9. The smallest absolute Gasteiger partial charge is 0.306 e. The van der Waals surface area contributed by atoms with Crippen molar-refractivity contribution in [1.29, 1.82) is 0 Å². The molecule has 3 nitrogen and oxygen atoms in total. The predicted molar refractivity (Wildman–Crippen MR) is 74.1 cm³/mol. The maximum atomic E-state index is 11.9. The van der Waals surface area contributed by atoms with E-state index in [1.54, 1.807) is 0 Å². The second-order valence-corrected chi connectivity index (χ2v) is 6.31. The lowest BCUT2D eigenvalue weighted by atomic mass is 9.89. The van der Waals surface area contributed by atoms with Gasteiger partial charge in [0.15, 0.2) is 0 Å². The number of nitrogens with two attached hydrogens (primary N) is 1. The van der Waals surface area contributed by atoms with Crippen LogP contribution in [0, 0.1) is 17.8 Å². The molecule has 0 aromatic heterocycles. The monoisotopic (exact) mass is 255 g/mol. The molecule has 106 valence electrons. The first kappa shape index (κ1) is 15.5. The minimum atomic E-state index is -0.0503. The lowest BCUT2D eigenvalue weighted by molar-refractivity contribution is -0.152. The number of rotatable bonds is 6. The fraction of sp³-hybridized carbons (Fsp3) is 0.933. The zero-order valence-corrected chi connectivity index (χ0v) is 12.2. The first-order valence-corrected chi connectivity index (χ1v) is 7.40. The largest absolute Gasteiger partial charge is 0.462 e. The predicted octanol–water partition coefficient (Wildman–Crippen LogP) is 3.12. The summed E-state index contributed by atoms with van der Waals surface area (Å²) in [4.78, 5) is 11.9. The lowest BCUT2D eigenvalue weighted by Gasteiger charge is -2.26. The SMILES string of the molecule is CC(C)C[C@H](CN)CC(=O)OC1CCC(C)CC1. The summed E-state index contributed by atoms with van der Waals surface area (Å²) in [5, 5.41) is 0. The van der Waals surface area contributed by atoms with Crippen LogP contribution in [0.1, 0.15) is 59.3 Å². The third-order valence-electron chi connectivity index (χ3n) is 3.85. The third kappa shape index (κ3) is 5.85. The summed E-state index contributed by atoms with van der Waals surface area (Å²) >= 11 is 0. The normalized spacial score (nSPS) is 26.1. The molecule has 0 aromatic rings. The molecule has 0 heterocycles. The molecule has 0 bridgehead atoms. The molecule has 0 unspecified atom stereocenters. The van der Waals surface area contributed by atoms with Gasteiger partial charge in [0.2, 0.25) is 0 Å². The summed E-state index contributed by atoms with van der Waals surface area (Å²) < 4.78 is 5.56. The van der Waals surface area contributed by atoms with E-state index in [9.17, 15) is 4.79 Å². The van der Waals surface area contributed by atoms with Crippen molar-refractivity contribution < 1.29 is 9.53 Å². The molecule has 1 rings (SSSR count). The molecule has 0 aliphatic heterocycles. The van der Waals surface area contributed by atoms with Crippen LogP contribution < -0.4 is 5.73 Å². The average molecular weight is 255 g/mol. The number of carbonyl (C=O) groups is 1. The van der Waals surface area contributed by atoms with Gasteiger partial charge in [-0.1, -0.05) is 20.8 Å². The van der Waals surface area contributed by atoms with Crippen LogP contribution in [0.15, 0.2) is 0 Å². The van der Waals surface area contributed by atoms with Gasteiger partial charge < -0.3 is 10.5 Å². The summed E-state index contributed by atoms with van der Waals surface area (Å²) in [6.45, 7) is 7.17. The van der Waals surface area contributed by atoms with Crippen molar-refractivity contribution in [2.75, 3.05) is 6.54 Å². The molecule has 0 aromatic carbocycles. The van der Waals surface area contributed by atoms with Crippen molar-refractivity contribution >= 4 is 5.97 Å². The molecular weight excluding hydrogens is 226 g/mol. The van der Waals surface area contributed by atoms with E-state index >= 15 is 0 Å². The molecule has 1 saturated carbocycles. The number of hydrogen-bond donors (Lipinski definition) is 1. The van der Waals surface area contributed by atoms with Crippen LogP contribution in [0.3, 0.4) is 0 Å². The van der Waals surface area contributed by atoms with E-state index in [2.05, 4.69) is 20.8 Å². The number of ether oxygens (including phenoxy) is 1. The van der Waals surface area contributed by atoms with E-state index < -0.39 is 0 Å². The summed E-state index contributed by atoms with van der Waals surface area (Å²) in [6, 6.07) is 0. The highest BCUT2D eigenvalue weighted by molar-refractivity contribution is 5.69. The van der Waals surface area contributed by atoms with E-state index in [0.29, 0.717) is 18.9 Å². The van der Waals surface area contributed by atoms with Crippen LogP contribution in [0.4, 0.5) is 0 Å². The van der Waals surface area contributed by atoms with Gasteiger partial charge in [-0.15, -0.1) is 0 Å². The Kier molecular flexibility index (Phi) is 6.69. The fourth-order valence-electron chi connectivity index (χ4n) is 2.75. The summed E-state index contributed by atoms with van der Waals surface area (Å²) in [5.74, 6) is 1.60. The van der Waals surface area contributed by atoms with Gasteiger partial charge in [0.25, 0.3) is 0 Å². The van der Waals surface area contributed by atoms with Gasteiger partial charge in [-0.05, 0) is 56.4 Å². The standard InChI is InChI=1S/C15H29NO2/c1-11(2)8-13(10-16)9-15(17)18-14-6-4-12(3)5-7-14/h11-14H,4-10,16H2,1-3H3/t12?,13-,14?/m0/s1. The third-order valence-corrected chi connectivity index (χ3v) is 3.85. The molecule has 0 spiro atoms. The molecule has 1 aliphatic rings. The molecule has 0 amide bonds. The van der Waals surface area contributed by atoms with Gasteiger partial charge in [0, 0.05) is 6.42 Å². The van der Waals surface area contributed by atoms with E-state index in [0.717, 1.165) is 25.2 Å². The Morgan fingerprint density at radius 3 is 2.39 bits per heavy atom. The van der Waals surface area contributed by atoms with Crippen LogP contribution in [-0.2, 0) is 9.53 Å². The van der Waals surface area contributed by atoms with E-state index in [1.807, 2.05) is 0 Å². The van der Waals surface area contributed by atoms with Gasteiger partial charge in [-0.25, -0.2) is 0 Å². The van der Waals surface area contributed by atoms with Gasteiger partial charge in [-0.2, -0.15) is 0 Å². The maximum Gasteiger partial charge on any atom is 0.306 e. The molecule has 2 N–H and O–H groups in total. The first-order chi connectivity index (χ1) is 8.51. The summed E-state index contributed by atoms with van der Waals surface area (Å²) in [5.41, 5.74) is 5.71. The van der Waals surface area contributed by atoms with Gasteiger partial charge in [0.1, 0.15) is 6.10 Å². The Morgan fingerprint density at radius 1 is 1.28 bits per heavy atom. The lowest BCUT2D eigenvalue weighted by Crippen LogP contribution is -2.26. The van der Waals surface area contributed by atoms with Crippen LogP contribution in [0.5, 0.6) is 0 Å². The molecule has 3 heteroatoms. The number of esters is 1. The van der Waals surface area contributed by atoms with Crippen molar-refractivity contribution in [3.05, 3.63) is 0 Å². The van der Waals surface area contributed by atoms with Crippen LogP contribution in [0.2, 0.25) is 0 Å². The van der Waals surface area contributed by atoms with Gasteiger partial charge in [-0.3, -0.25) is 4.79 Å². The zero-order chi connectivity index (χ0) is 13.5. The molecule has 0 saturated heterocycles. The van der Waals surface area contributed by atoms with Crippen LogP contribution in [-0.4, -0.2) is 18.6 Å². The molecule has 1 atom stereocenters. The number of carbonyl (C=O) groups excluding carboxylic acids is 1. The second kappa shape index (κ2) is 7.78. The zero-order valence-electron chi connectivity index (χ0n) is 12.2. The number of hydrogen-bond acceptors (Lipinski definition) is 3. The Balaban J connectivity index is 2.27. The second-order valence-electron chi connectivity index (χ2n) is 6.31. The molecular formula is C15H29NO2. The Labute approximate surface area is 111 Å². The topological polar surface area (TPSA) is 52.3 Å². The quantitative estimate of drug-likeness (QED) is 0.742. The average Bonchev–Trinajstić information content (AvgIpc) is 2.30. The molecule has 0 radical (unpaired) electrons. The highest BCUT2D eigenvalue weighted by Crippen LogP contribution is 2.26. The van der Waals surface area contributed by atoms with E-state index in [1.165, 1.54) is 12.8 Å². The Morgan fingerprint density at radius 2 is 1.89 bits per heavy atom. The van der Waals surface area contributed by atoms with Crippen molar-refractivity contribution in [1.82, 2.24) is 0 Å². The van der Waals surface area contributed by atoms with Crippen molar-refractivity contribution in [2.45, 2.75) is 65.4 Å². The fourth-order valence-corrected chi connectivity index (χ4v) is 2.75. The van der Waals surface area contributed by atoms with Crippen LogP contribution >= 0.6 is 0 Å². The molecule has 18 heavy (non-hydrogen) atoms. The summed E-state index contributed by atoms with van der Waals surface area (Å²) in [6.07, 6.45) is 6.09. The minimum absolute atomic E-state index is 0.0503. The summed E-state index contributed by atoms with van der Waals surface area (Å²) in [7, 11) is 0. The van der Waals surface area contributed by atoms with Crippen molar-refractivity contribution in [3.63, 3.8) is 0 Å². The van der Waals surface area contributed by atoms with Crippen LogP contribution in [0.25, 0.3) is 0 Å². The Hall–Kier alpha value is -0.570. The highest BCUT2D eigenvalue weighted by Gasteiger charge is 2.23.